The summed E-state index contributed by atoms with van der Waals surface area (Å²) in [5, 5.41) is 0. The number of likely N-dealkylation sites (tertiary alicyclic amines) is 1. The van der Waals surface area contributed by atoms with Crippen LogP contribution in [0.4, 0.5) is 13.2 Å². The van der Waals surface area contributed by atoms with Gasteiger partial charge in [0.15, 0.2) is 0 Å². The van der Waals surface area contributed by atoms with Crippen LogP contribution < -0.4 is 5.56 Å². The van der Waals surface area contributed by atoms with Gasteiger partial charge in [-0.15, -0.1) is 0 Å². The van der Waals surface area contributed by atoms with Gasteiger partial charge >= 0.3 is 6.18 Å². The number of nitrogens with zero attached hydrogens (tertiary/aromatic N) is 4. The number of amides is 1. The van der Waals surface area contributed by atoms with Gasteiger partial charge in [0.25, 0.3) is 11.5 Å². The van der Waals surface area contributed by atoms with Gasteiger partial charge in [-0.1, -0.05) is 12.1 Å². The lowest BCUT2D eigenvalue weighted by molar-refractivity contribution is -0.137. The lowest BCUT2D eigenvalue weighted by atomic mass is 9.82. The van der Waals surface area contributed by atoms with Gasteiger partial charge in [0.2, 0.25) is 0 Å². The summed E-state index contributed by atoms with van der Waals surface area (Å²) < 4.78 is 41.0. The molecule has 1 fully saturated rings. The molecular formula is C23H19F3N4O2. The number of hydrogen-bond donors (Lipinski definition) is 0. The standard InChI is InChI=1S/C23H19F3N4O2/c24-23(25,26)17-3-1-2-15(9-17)18-4-5-20-16-8-14(12-30(20)21(18)31)11-29(13-16)22(32)19-10-27-6-7-28-19/h1-7,9-10,14,16H,8,11-13H2/t14-,16-/m1/s1. The molecule has 4 heterocycles. The molecule has 0 radical (unpaired) electrons. The zero-order chi connectivity index (χ0) is 22.5. The fraction of sp³-hybridized carbons (Fsp3) is 0.304. The number of fused-ring (bicyclic) bond motifs is 4. The highest BCUT2D eigenvalue weighted by molar-refractivity contribution is 5.92. The Bertz CT molecular complexity index is 1240. The monoisotopic (exact) mass is 440 g/mol. The van der Waals surface area contributed by atoms with E-state index in [4.69, 9.17) is 0 Å². The highest BCUT2D eigenvalue weighted by Gasteiger charge is 2.37. The average molecular weight is 440 g/mol. The van der Waals surface area contributed by atoms with Crippen LogP contribution in [0.15, 0.2) is 59.8 Å². The van der Waals surface area contributed by atoms with Crippen LogP contribution in [-0.4, -0.2) is 38.4 Å². The minimum absolute atomic E-state index is 0.0219. The van der Waals surface area contributed by atoms with Crippen molar-refractivity contribution in [2.24, 2.45) is 5.92 Å². The summed E-state index contributed by atoms with van der Waals surface area (Å²) in [6.45, 7) is 1.36. The maximum Gasteiger partial charge on any atom is 0.416 e. The third kappa shape index (κ3) is 3.57. The second kappa shape index (κ2) is 7.58. The number of rotatable bonds is 2. The van der Waals surface area contributed by atoms with Gasteiger partial charge in [0.1, 0.15) is 5.69 Å². The molecule has 0 aliphatic carbocycles. The molecule has 32 heavy (non-hydrogen) atoms. The molecule has 1 saturated heterocycles. The summed E-state index contributed by atoms with van der Waals surface area (Å²) in [5.74, 6) is -0.133. The van der Waals surface area contributed by atoms with E-state index in [1.807, 2.05) is 0 Å². The Balaban J connectivity index is 1.47. The van der Waals surface area contributed by atoms with E-state index in [9.17, 15) is 22.8 Å². The molecule has 2 atom stereocenters. The van der Waals surface area contributed by atoms with Crippen molar-refractivity contribution in [1.82, 2.24) is 19.4 Å². The van der Waals surface area contributed by atoms with E-state index in [0.29, 0.717) is 19.6 Å². The first-order chi connectivity index (χ1) is 15.3. The highest BCUT2D eigenvalue weighted by atomic mass is 19.4. The second-order valence-electron chi connectivity index (χ2n) is 8.27. The summed E-state index contributed by atoms with van der Waals surface area (Å²) >= 11 is 0. The van der Waals surface area contributed by atoms with Crippen molar-refractivity contribution in [3.63, 3.8) is 0 Å². The Morgan fingerprint density at radius 1 is 1.06 bits per heavy atom. The lowest BCUT2D eigenvalue weighted by Crippen LogP contribution is -2.49. The van der Waals surface area contributed by atoms with Crippen LogP contribution >= 0.6 is 0 Å². The van der Waals surface area contributed by atoms with E-state index in [-0.39, 0.29) is 40.1 Å². The summed E-state index contributed by atoms with van der Waals surface area (Å²) in [6, 6.07) is 8.22. The summed E-state index contributed by atoms with van der Waals surface area (Å²) in [4.78, 5) is 35.8. The number of pyridine rings is 1. The molecule has 9 heteroatoms. The molecule has 6 nitrogen and oxygen atoms in total. The molecule has 2 bridgehead atoms. The Hall–Kier alpha value is -3.49. The third-order valence-corrected chi connectivity index (χ3v) is 6.17. The molecule has 5 rings (SSSR count). The first-order valence-corrected chi connectivity index (χ1v) is 10.3. The van der Waals surface area contributed by atoms with Crippen LogP contribution in [0.2, 0.25) is 0 Å². The van der Waals surface area contributed by atoms with Gasteiger partial charge in [-0.3, -0.25) is 14.6 Å². The van der Waals surface area contributed by atoms with Gasteiger partial charge in [0, 0.05) is 49.2 Å². The number of piperidine rings is 1. The van der Waals surface area contributed by atoms with Crippen molar-refractivity contribution >= 4 is 5.91 Å². The molecule has 0 N–H and O–H groups in total. The average Bonchev–Trinajstić information content (AvgIpc) is 2.79. The number of carbonyl (C=O) groups is 1. The van der Waals surface area contributed by atoms with Crippen molar-refractivity contribution in [1.29, 1.82) is 0 Å². The zero-order valence-corrected chi connectivity index (χ0v) is 16.9. The Morgan fingerprint density at radius 2 is 1.91 bits per heavy atom. The smallest absolute Gasteiger partial charge is 0.336 e. The van der Waals surface area contributed by atoms with Crippen LogP contribution in [0.1, 0.15) is 34.1 Å². The van der Waals surface area contributed by atoms with Crippen LogP contribution in [0, 0.1) is 5.92 Å². The van der Waals surface area contributed by atoms with E-state index >= 15 is 0 Å². The lowest BCUT2D eigenvalue weighted by Gasteiger charge is -2.42. The zero-order valence-electron chi connectivity index (χ0n) is 16.9. The van der Waals surface area contributed by atoms with Crippen molar-refractivity contribution in [3.05, 3.63) is 82.3 Å². The predicted octanol–water partition coefficient (Wildman–Crippen LogP) is 3.58. The minimum atomic E-state index is -4.48. The first kappa shape index (κ1) is 20.4. The SMILES string of the molecule is O=C(c1cnccn1)N1C[C@H]2C[C@H](C1)c1ccc(-c3cccc(C(F)(F)F)c3)c(=O)n1C2. The van der Waals surface area contributed by atoms with Crippen LogP contribution in [-0.2, 0) is 12.7 Å². The van der Waals surface area contributed by atoms with Gasteiger partial charge < -0.3 is 9.47 Å². The van der Waals surface area contributed by atoms with Crippen molar-refractivity contribution in [2.45, 2.75) is 25.1 Å². The highest BCUT2D eigenvalue weighted by Crippen LogP contribution is 2.37. The Kier molecular flexibility index (Phi) is 4.83. The Labute approximate surface area is 181 Å². The first-order valence-electron chi connectivity index (χ1n) is 10.3. The molecule has 0 spiro atoms. The molecule has 2 aliphatic rings. The van der Waals surface area contributed by atoms with Crippen LogP contribution in [0.5, 0.6) is 0 Å². The molecule has 2 aromatic heterocycles. The summed E-state index contributed by atoms with van der Waals surface area (Å²) in [7, 11) is 0. The predicted molar refractivity (Wildman–Crippen MR) is 110 cm³/mol. The molecule has 2 aliphatic heterocycles. The summed E-state index contributed by atoms with van der Waals surface area (Å²) in [5.41, 5.74) is 0.489. The molecule has 1 amide bonds. The van der Waals surface area contributed by atoms with Crippen molar-refractivity contribution in [2.75, 3.05) is 13.1 Å². The van der Waals surface area contributed by atoms with E-state index in [2.05, 4.69) is 9.97 Å². The van der Waals surface area contributed by atoms with E-state index in [1.54, 1.807) is 21.6 Å². The van der Waals surface area contributed by atoms with Gasteiger partial charge in [-0.05, 0) is 42.2 Å². The minimum Gasteiger partial charge on any atom is -0.336 e. The maximum atomic E-state index is 13.2. The third-order valence-electron chi connectivity index (χ3n) is 6.17. The number of hydrogen-bond acceptors (Lipinski definition) is 4. The molecule has 0 saturated carbocycles. The number of halogens is 3. The van der Waals surface area contributed by atoms with Gasteiger partial charge in [-0.25, -0.2) is 4.98 Å². The topological polar surface area (TPSA) is 68.1 Å². The van der Waals surface area contributed by atoms with E-state index in [0.717, 1.165) is 24.2 Å². The largest absolute Gasteiger partial charge is 0.416 e. The van der Waals surface area contributed by atoms with Crippen LogP contribution in [0.25, 0.3) is 11.1 Å². The fourth-order valence-electron chi connectivity index (χ4n) is 4.77. The fourth-order valence-corrected chi connectivity index (χ4v) is 4.77. The molecule has 3 aromatic rings. The molecule has 1 aromatic carbocycles. The van der Waals surface area contributed by atoms with E-state index < -0.39 is 11.7 Å². The van der Waals surface area contributed by atoms with Gasteiger partial charge in [-0.2, -0.15) is 13.2 Å². The number of carbonyl (C=O) groups excluding carboxylic acids is 1. The quantitative estimate of drug-likeness (QED) is 0.611. The molecule has 0 unspecified atom stereocenters. The van der Waals surface area contributed by atoms with Gasteiger partial charge in [0.05, 0.1) is 11.8 Å². The number of alkyl halides is 3. The number of aromatic nitrogens is 3. The number of benzene rings is 1. The summed E-state index contributed by atoms with van der Waals surface area (Å²) in [6.07, 6.45) is 0.796. The van der Waals surface area contributed by atoms with Crippen LogP contribution in [0.3, 0.4) is 0 Å². The van der Waals surface area contributed by atoms with Crippen molar-refractivity contribution in [3.8, 4) is 11.1 Å². The van der Waals surface area contributed by atoms with E-state index in [1.165, 1.54) is 30.7 Å². The van der Waals surface area contributed by atoms with Crippen molar-refractivity contribution < 1.29 is 18.0 Å². The molecular weight excluding hydrogens is 421 g/mol. The maximum absolute atomic E-state index is 13.2. The molecule has 164 valence electrons. The normalized spacial score (nSPS) is 20.0. The Morgan fingerprint density at radius 3 is 2.66 bits per heavy atom. The second-order valence-corrected chi connectivity index (χ2v) is 8.27.